The minimum atomic E-state index is -1.34. The van der Waals surface area contributed by atoms with Gasteiger partial charge in [-0.15, -0.1) is 0 Å². The van der Waals surface area contributed by atoms with Gasteiger partial charge in [-0.1, -0.05) is 84.0 Å². The van der Waals surface area contributed by atoms with E-state index in [0.29, 0.717) is 6.42 Å². The van der Waals surface area contributed by atoms with Crippen molar-refractivity contribution in [3.8, 4) is 0 Å². The Morgan fingerprint density at radius 3 is 1.55 bits per heavy atom. The summed E-state index contributed by atoms with van der Waals surface area (Å²) in [5, 5.41) is 19.3. The summed E-state index contributed by atoms with van der Waals surface area (Å²) in [7, 11) is 0. The number of unbranched alkanes of at least 4 members (excludes halogenated alkanes) is 11. The fourth-order valence-electron chi connectivity index (χ4n) is 2.30. The minimum Gasteiger partial charge on any atom is -0.547 e. The molecule has 0 saturated carbocycles. The number of aliphatic hydroxyl groups excluding tert-OH is 1. The van der Waals surface area contributed by atoms with Crippen molar-refractivity contribution in [2.75, 3.05) is 0 Å². The molecule has 1 atom stereocenters. The van der Waals surface area contributed by atoms with Crippen LogP contribution in [0.1, 0.15) is 90.4 Å². The molecule has 0 aromatic rings. The molecule has 0 aliphatic carbocycles. The molecule has 3 nitrogen and oxygen atoms in total. The third-order valence-corrected chi connectivity index (χ3v) is 3.60. The van der Waals surface area contributed by atoms with Crippen LogP contribution in [0.25, 0.3) is 0 Å². The van der Waals surface area contributed by atoms with Crippen molar-refractivity contribution in [1.82, 2.24) is 0 Å². The molecule has 0 saturated heterocycles. The number of carboxylic acids is 1. The molecule has 114 valence electrons. The van der Waals surface area contributed by atoms with Crippen LogP contribution in [0.5, 0.6) is 0 Å². The van der Waals surface area contributed by atoms with Crippen LogP contribution in [0.3, 0.4) is 0 Å². The van der Waals surface area contributed by atoms with E-state index in [2.05, 4.69) is 6.92 Å². The minimum absolute atomic E-state index is 0. The Kier molecular flexibility index (Phi) is 19.8. The van der Waals surface area contributed by atoms with E-state index in [0.717, 1.165) is 19.3 Å². The van der Waals surface area contributed by atoms with E-state index >= 15 is 0 Å². The molecule has 0 fully saturated rings. The first-order valence-electron chi connectivity index (χ1n) is 8.07. The van der Waals surface area contributed by atoms with E-state index in [-0.39, 0.29) is 29.6 Å². The van der Waals surface area contributed by atoms with Gasteiger partial charge in [-0.3, -0.25) is 0 Å². The first-order chi connectivity index (χ1) is 9.18. The number of aliphatic carboxylic acids is 1. The third kappa shape index (κ3) is 16.5. The molecule has 0 spiro atoms. The number of carboxylic acid groups (broad SMARTS) is 1. The second kappa shape index (κ2) is 17.5. The second-order valence-corrected chi connectivity index (χ2v) is 5.51. The van der Waals surface area contributed by atoms with Gasteiger partial charge in [0.1, 0.15) is 0 Å². The largest absolute Gasteiger partial charge is 1.00 e. The van der Waals surface area contributed by atoms with E-state index in [9.17, 15) is 9.90 Å². The molecule has 0 radical (unpaired) electrons. The first-order valence-corrected chi connectivity index (χ1v) is 8.07. The molecule has 0 unspecified atom stereocenters. The zero-order valence-electron chi connectivity index (χ0n) is 13.5. The van der Waals surface area contributed by atoms with Crippen LogP contribution in [0.15, 0.2) is 0 Å². The van der Waals surface area contributed by atoms with Gasteiger partial charge in [0.2, 0.25) is 0 Å². The molecule has 1 N–H and O–H groups in total. The maximum atomic E-state index is 10.3. The predicted octanol–water partition coefficient (Wildman–Crippen LogP) is 0.192. The summed E-state index contributed by atoms with van der Waals surface area (Å²) in [5.41, 5.74) is 0. The van der Waals surface area contributed by atoms with Crippen molar-refractivity contribution >= 4 is 5.97 Å². The van der Waals surface area contributed by atoms with Crippen molar-refractivity contribution in [3.63, 3.8) is 0 Å². The summed E-state index contributed by atoms with van der Waals surface area (Å²) in [5.74, 6) is -1.34. The van der Waals surface area contributed by atoms with Crippen molar-refractivity contribution < 1.29 is 44.6 Å². The van der Waals surface area contributed by atoms with Gasteiger partial charge in [-0.05, 0) is 6.42 Å². The average Bonchev–Trinajstić information content (AvgIpc) is 2.39. The molecular formula is C16H31NaO3. The Balaban J connectivity index is 0. The Bertz CT molecular complexity index is 210. The molecular weight excluding hydrogens is 263 g/mol. The summed E-state index contributed by atoms with van der Waals surface area (Å²) in [6, 6.07) is 0. The Hall–Kier alpha value is 0.430. The number of carbonyl (C=O) groups is 1. The zero-order valence-corrected chi connectivity index (χ0v) is 15.5. The van der Waals surface area contributed by atoms with Gasteiger partial charge in [0.25, 0.3) is 0 Å². The van der Waals surface area contributed by atoms with E-state index < -0.39 is 12.1 Å². The van der Waals surface area contributed by atoms with E-state index in [1.54, 1.807) is 0 Å². The molecule has 0 heterocycles. The number of rotatable bonds is 14. The summed E-state index contributed by atoms with van der Waals surface area (Å²) in [6.07, 6.45) is 14.0. The molecule has 20 heavy (non-hydrogen) atoms. The molecule has 0 aliphatic heterocycles. The smallest absolute Gasteiger partial charge is 0.547 e. The van der Waals surface area contributed by atoms with Crippen LogP contribution in [0.4, 0.5) is 0 Å². The zero-order chi connectivity index (χ0) is 14.3. The van der Waals surface area contributed by atoms with Gasteiger partial charge in [-0.25, -0.2) is 0 Å². The fourth-order valence-corrected chi connectivity index (χ4v) is 2.30. The normalized spacial score (nSPS) is 11.9. The van der Waals surface area contributed by atoms with Gasteiger partial charge in [0, 0.05) is 0 Å². The van der Waals surface area contributed by atoms with Gasteiger partial charge in [0.15, 0.2) is 0 Å². The van der Waals surface area contributed by atoms with Crippen LogP contribution in [-0.2, 0) is 4.79 Å². The summed E-state index contributed by atoms with van der Waals surface area (Å²) in [6.45, 7) is 2.24. The van der Waals surface area contributed by atoms with Crippen molar-refractivity contribution in [2.24, 2.45) is 0 Å². The van der Waals surface area contributed by atoms with Crippen LogP contribution >= 0.6 is 0 Å². The molecule has 4 heteroatoms. The van der Waals surface area contributed by atoms with E-state index in [4.69, 9.17) is 5.11 Å². The average molecular weight is 294 g/mol. The topological polar surface area (TPSA) is 60.4 Å². The monoisotopic (exact) mass is 294 g/mol. The van der Waals surface area contributed by atoms with Gasteiger partial charge < -0.3 is 15.0 Å². The van der Waals surface area contributed by atoms with Gasteiger partial charge >= 0.3 is 29.6 Å². The Labute approximate surface area is 146 Å². The number of hydrogen-bond donors (Lipinski definition) is 1. The third-order valence-electron chi connectivity index (χ3n) is 3.60. The number of aliphatic hydroxyl groups is 1. The summed E-state index contributed by atoms with van der Waals surface area (Å²) >= 11 is 0. The standard InChI is InChI=1S/C16H32O3.Na/c1-2-3-4-5-6-7-8-9-10-11-12-13-14-15(17)16(18)19;/h15,17H,2-14H2,1H3,(H,18,19);/q;+1/p-1/t15-;/m1./s1. The second-order valence-electron chi connectivity index (χ2n) is 5.51. The SMILES string of the molecule is CCCCCCCCCCCCCC[C@@H](O)C(=O)[O-].[Na+]. The maximum absolute atomic E-state index is 10.3. The molecule has 0 aliphatic rings. The van der Waals surface area contributed by atoms with Crippen molar-refractivity contribution in [3.05, 3.63) is 0 Å². The number of carbonyl (C=O) groups excluding carboxylic acids is 1. The van der Waals surface area contributed by atoms with Crippen LogP contribution in [0.2, 0.25) is 0 Å². The molecule has 0 rings (SSSR count). The van der Waals surface area contributed by atoms with E-state index in [1.807, 2.05) is 0 Å². The Morgan fingerprint density at radius 2 is 1.20 bits per heavy atom. The Morgan fingerprint density at radius 1 is 0.850 bits per heavy atom. The number of hydrogen-bond acceptors (Lipinski definition) is 3. The maximum Gasteiger partial charge on any atom is 1.00 e. The molecule has 0 aromatic heterocycles. The summed E-state index contributed by atoms with van der Waals surface area (Å²) in [4.78, 5) is 10.3. The molecule has 0 aromatic carbocycles. The van der Waals surface area contributed by atoms with Crippen molar-refractivity contribution in [2.45, 2.75) is 96.5 Å². The fraction of sp³-hybridized carbons (Fsp3) is 0.938. The predicted molar refractivity (Wildman–Crippen MR) is 76.7 cm³/mol. The van der Waals surface area contributed by atoms with Gasteiger partial charge in [-0.2, -0.15) is 0 Å². The van der Waals surface area contributed by atoms with Crippen LogP contribution in [0, 0.1) is 0 Å². The van der Waals surface area contributed by atoms with E-state index in [1.165, 1.54) is 57.8 Å². The quantitative estimate of drug-likeness (QED) is 0.367. The molecule has 0 amide bonds. The first kappa shape index (κ1) is 22.7. The van der Waals surface area contributed by atoms with Crippen LogP contribution < -0.4 is 34.7 Å². The van der Waals surface area contributed by atoms with Crippen LogP contribution in [-0.4, -0.2) is 17.2 Å². The summed E-state index contributed by atoms with van der Waals surface area (Å²) < 4.78 is 0. The van der Waals surface area contributed by atoms with Gasteiger partial charge in [0.05, 0.1) is 12.1 Å². The van der Waals surface area contributed by atoms with Crippen molar-refractivity contribution in [1.29, 1.82) is 0 Å². The molecule has 0 bridgehead atoms.